The topological polar surface area (TPSA) is 59.6 Å². The van der Waals surface area contributed by atoms with Crippen LogP contribution in [-0.2, 0) is 0 Å². The monoisotopic (exact) mass is 388 g/mol. The zero-order chi connectivity index (χ0) is 20.8. The molecule has 1 unspecified atom stereocenters. The van der Waals surface area contributed by atoms with Crippen molar-refractivity contribution in [1.82, 2.24) is 10.6 Å². The first-order valence-corrected chi connectivity index (χ1v) is 10.4. The molecule has 5 heteroatoms. The standard InChI is InChI=1S/C21H30N2O3.C2H6/c1-4-25-19-11-18(12-20(13-19)26-5-2)21(24)23-16(3)14-22-15-17-9-7-6-8-10-17;1-2/h7,9-13,16,22H,4-6,8,14-15H2,1-3H3,(H,23,24);1-2H3. The second kappa shape index (κ2) is 13.8. The Morgan fingerprint density at radius 1 is 1.07 bits per heavy atom. The van der Waals surface area contributed by atoms with E-state index in [0.29, 0.717) is 36.8 Å². The number of benzene rings is 1. The molecule has 1 amide bonds. The van der Waals surface area contributed by atoms with Gasteiger partial charge in [0.15, 0.2) is 0 Å². The highest BCUT2D eigenvalue weighted by Gasteiger charge is 2.13. The molecule has 156 valence electrons. The molecule has 0 saturated carbocycles. The molecular formula is C23H36N2O3. The normalized spacial score (nSPS) is 13.7. The smallest absolute Gasteiger partial charge is 0.251 e. The number of hydrogen-bond acceptors (Lipinski definition) is 4. The molecule has 0 radical (unpaired) electrons. The van der Waals surface area contributed by atoms with E-state index in [4.69, 9.17) is 9.47 Å². The first kappa shape index (κ1) is 23.8. The van der Waals surface area contributed by atoms with Crippen LogP contribution in [0.5, 0.6) is 11.5 Å². The number of amides is 1. The summed E-state index contributed by atoms with van der Waals surface area (Å²) in [4.78, 5) is 12.6. The van der Waals surface area contributed by atoms with Gasteiger partial charge < -0.3 is 20.1 Å². The third kappa shape index (κ3) is 8.61. The summed E-state index contributed by atoms with van der Waals surface area (Å²) in [5, 5.41) is 6.41. The van der Waals surface area contributed by atoms with Gasteiger partial charge in [-0.1, -0.05) is 32.1 Å². The van der Waals surface area contributed by atoms with E-state index in [2.05, 4.69) is 28.9 Å². The highest BCUT2D eigenvalue weighted by atomic mass is 16.5. The molecular weight excluding hydrogens is 352 g/mol. The molecule has 0 fully saturated rings. The fourth-order valence-corrected chi connectivity index (χ4v) is 2.79. The van der Waals surface area contributed by atoms with Crippen LogP contribution < -0.4 is 20.1 Å². The van der Waals surface area contributed by atoms with Crippen molar-refractivity contribution in [3.63, 3.8) is 0 Å². The fraction of sp³-hybridized carbons (Fsp3) is 0.522. The summed E-state index contributed by atoms with van der Waals surface area (Å²) in [6.07, 6.45) is 8.85. The number of nitrogens with one attached hydrogen (secondary N) is 2. The van der Waals surface area contributed by atoms with Gasteiger partial charge in [-0.15, -0.1) is 0 Å². The van der Waals surface area contributed by atoms with E-state index < -0.39 is 0 Å². The van der Waals surface area contributed by atoms with Gasteiger partial charge in [-0.2, -0.15) is 0 Å². The SMILES string of the molecule is CC.CCOc1cc(OCC)cc(C(=O)NC(C)CNCC2=CCCC=C2)c1. The van der Waals surface area contributed by atoms with E-state index in [1.807, 2.05) is 34.6 Å². The molecule has 0 heterocycles. The van der Waals surface area contributed by atoms with Crippen LogP contribution >= 0.6 is 0 Å². The zero-order valence-corrected chi connectivity index (χ0v) is 18.0. The lowest BCUT2D eigenvalue weighted by atomic mass is 10.1. The number of allylic oxidation sites excluding steroid dienone is 2. The van der Waals surface area contributed by atoms with Crippen molar-refractivity contribution < 1.29 is 14.3 Å². The van der Waals surface area contributed by atoms with Crippen LogP contribution in [0.4, 0.5) is 0 Å². The van der Waals surface area contributed by atoms with Gasteiger partial charge in [0.2, 0.25) is 0 Å². The molecule has 1 aromatic rings. The molecule has 1 aliphatic carbocycles. The number of hydrogen-bond donors (Lipinski definition) is 2. The molecule has 1 aromatic carbocycles. The van der Waals surface area contributed by atoms with Crippen molar-refractivity contribution in [2.45, 2.75) is 53.5 Å². The van der Waals surface area contributed by atoms with Gasteiger partial charge in [0.1, 0.15) is 11.5 Å². The molecule has 0 aliphatic heterocycles. The molecule has 5 nitrogen and oxygen atoms in total. The predicted octanol–water partition coefficient (Wildman–Crippen LogP) is 4.49. The van der Waals surface area contributed by atoms with Crippen LogP contribution in [0.2, 0.25) is 0 Å². The second-order valence-electron chi connectivity index (χ2n) is 6.32. The molecule has 2 rings (SSSR count). The van der Waals surface area contributed by atoms with Crippen LogP contribution in [0.15, 0.2) is 42.0 Å². The summed E-state index contributed by atoms with van der Waals surface area (Å²) in [7, 11) is 0. The van der Waals surface area contributed by atoms with Crippen molar-refractivity contribution in [1.29, 1.82) is 0 Å². The second-order valence-corrected chi connectivity index (χ2v) is 6.32. The first-order valence-electron chi connectivity index (χ1n) is 10.4. The van der Waals surface area contributed by atoms with Crippen molar-refractivity contribution in [2.75, 3.05) is 26.3 Å². The van der Waals surface area contributed by atoms with Gasteiger partial charge >= 0.3 is 0 Å². The Balaban J connectivity index is 0.00000190. The Morgan fingerprint density at radius 3 is 2.25 bits per heavy atom. The molecule has 2 N–H and O–H groups in total. The van der Waals surface area contributed by atoms with Crippen molar-refractivity contribution in [2.24, 2.45) is 0 Å². The lowest BCUT2D eigenvalue weighted by molar-refractivity contribution is 0.0939. The molecule has 28 heavy (non-hydrogen) atoms. The quantitative estimate of drug-likeness (QED) is 0.620. The first-order chi connectivity index (χ1) is 13.6. The summed E-state index contributed by atoms with van der Waals surface area (Å²) in [5.74, 6) is 1.16. The number of carbonyl (C=O) groups excluding carboxylic acids is 1. The van der Waals surface area contributed by atoms with Gasteiger partial charge in [0.05, 0.1) is 13.2 Å². The van der Waals surface area contributed by atoms with E-state index >= 15 is 0 Å². The van der Waals surface area contributed by atoms with Crippen LogP contribution in [0.1, 0.15) is 57.8 Å². The molecule has 0 bridgehead atoms. The Hall–Kier alpha value is -2.27. The lowest BCUT2D eigenvalue weighted by Gasteiger charge is -2.17. The summed E-state index contributed by atoms with van der Waals surface area (Å²) in [6.45, 7) is 12.4. The molecule has 0 aromatic heterocycles. The van der Waals surface area contributed by atoms with Crippen LogP contribution in [-0.4, -0.2) is 38.3 Å². The van der Waals surface area contributed by atoms with E-state index in [-0.39, 0.29) is 11.9 Å². The summed E-state index contributed by atoms with van der Waals surface area (Å²) < 4.78 is 11.1. The Morgan fingerprint density at radius 2 is 1.71 bits per heavy atom. The van der Waals surface area contributed by atoms with Crippen LogP contribution in [0, 0.1) is 0 Å². The average Bonchev–Trinajstić information content (AvgIpc) is 2.70. The summed E-state index contributed by atoms with van der Waals surface area (Å²) >= 11 is 0. The summed E-state index contributed by atoms with van der Waals surface area (Å²) in [5.41, 5.74) is 1.85. The van der Waals surface area contributed by atoms with Crippen molar-refractivity contribution >= 4 is 5.91 Å². The fourth-order valence-electron chi connectivity index (χ4n) is 2.79. The van der Waals surface area contributed by atoms with Gasteiger partial charge in [0, 0.05) is 30.8 Å². The minimum absolute atomic E-state index is 0.0157. The predicted molar refractivity (Wildman–Crippen MR) is 116 cm³/mol. The van der Waals surface area contributed by atoms with Gasteiger partial charge in [-0.3, -0.25) is 4.79 Å². The minimum atomic E-state index is -0.126. The van der Waals surface area contributed by atoms with Gasteiger partial charge in [-0.05, 0) is 51.3 Å². The maximum absolute atomic E-state index is 12.6. The van der Waals surface area contributed by atoms with Crippen LogP contribution in [0.25, 0.3) is 0 Å². The van der Waals surface area contributed by atoms with Crippen molar-refractivity contribution in [3.8, 4) is 11.5 Å². The third-order valence-corrected chi connectivity index (χ3v) is 3.99. The molecule has 0 spiro atoms. The largest absolute Gasteiger partial charge is 0.494 e. The number of carbonyl (C=O) groups is 1. The van der Waals surface area contributed by atoms with Crippen molar-refractivity contribution in [3.05, 3.63) is 47.6 Å². The van der Waals surface area contributed by atoms with E-state index in [0.717, 1.165) is 19.4 Å². The third-order valence-electron chi connectivity index (χ3n) is 3.99. The maximum Gasteiger partial charge on any atom is 0.251 e. The summed E-state index contributed by atoms with van der Waals surface area (Å²) in [6, 6.07) is 5.32. The number of rotatable bonds is 10. The van der Waals surface area contributed by atoms with Crippen LogP contribution in [0.3, 0.4) is 0 Å². The average molecular weight is 389 g/mol. The van der Waals surface area contributed by atoms with Gasteiger partial charge in [-0.25, -0.2) is 0 Å². The minimum Gasteiger partial charge on any atom is -0.494 e. The Labute approximate surface area is 170 Å². The van der Waals surface area contributed by atoms with Gasteiger partial charge in [0.25, 0.3) is 5.91 Å². The molecule has 1 aliphatic rings. The molecule has 1 atom stereocenters. The maximum atomic E-state index is 12.6. The number of ether oxygens (including phenoxy) is 2. The molecule has 0 saturated heterocycles. The highest BCUT2D eigenvalue weighted by Crippen LogP contribution is 2.23. The lowest BCUT2D eigenvalue weighted by Crippen LogP contribution is -2.40. The van der Waals surface area contributed by atoms with E-state index in [9.17, 15) is 4.79 Å². The Kier molecular flexibility index (Phi) is 11.7. The Bertz CT molecular complexity index is 629. The highest BCUT2D eigenvalue weighted by molar-refractivity contribution is 5.95. The van der Waals surface area contributed by atoms with E-state index in [1.54, 1.807) is 18.2 Å². The zero-order valence-electron chi connectivity index (χ0n) is 18.0. The van der Waals surface area contributed by atoms with E-state index in [1.165, 1.54) is 5.57 Å².